The Morgan fingerprint density at radius 3 is 2.53 bits per heavy atom. The molecule has 0 aliphatic carbocycles. The normalized spacial score (nSPS) is 16.2. The number of rotatable bonds is 3. The SMILES string of the molecule is Cc1c(-c2ccc(N3CC(c4cc(F)ccc4F)N(C)C3=O)cc2F)c2c(N)ncnc2n1C. The van der Waals surface area contributed by atoms with Gasteiger partial charge in [-0.2, -0.15) is 0 Å². The molecule has 1 aliphatic heterocycles. The van der Waals surface area contributed by atoms with Crippen molar-refractivity contribution in [2.75, 3.05) is 24.2 Å². The van der Waals surface area contributed by atoms with Gasteiger partial charge in [-0.3, -0.25) is 4.90 Å². The van der Waals surface area contributed by atoms with E-state index < -0.39 is 29.5 Å². The van der Waals surface area contributed by atoms with Crippen LogP contribution in [-0.2, 0) is 7.05 Å². The lowest BCUT2D eigenvalue weighted by molar-refractivity contribution is 0.218. The van der Waals surface area contributed by atoms with Gasteiger partial charge in [0.1, 0.15) is 35.2 Å². The molecule has 10 heteroatoms. The molecule has 1 fully saturated rings. The molecule has 2 aromatic carbocycles. The number of carbonyl (C=O) groups excluding carboxylic acids is 1. The van der Waals surface area contributed by atoms with Gasteiger partial charge in [0.05, 0.1) is 18.0 Å². The Kier molecular flexibility index (Phi) is 4.96. The molecule has 1 unspecified atom stereocenters. The third-order valence-electron chi connectivity index (χ3n) is 6.50. The minimum Gasteiger partial charge on any atom is -0.383 e. The third-order valence-corrected chi connectivity index (χ3v) is 6.50. The highest BCUT2D eigenvalue weighted by atomic mass is 19.1. The summed E-state index contributed by atoms with van der Waals surface area (Å²) in [4.78, 5) is 23.9. The highest BCUT2D eigenvalue weighted by Gasteiger charge is 2.38. The first-order chi connectivity index (χ1) is 16.2. The van der Waals surface area contributed by atoms with Gasteiger partial charge < -0.3 is 15.2 Å². The molecule has 1 saturated heterocycles. The first kappa shape index (κ1) is 21.7. The van der Waals surface area contributed by atoms with Crippen LogP contribution in [0.2, 0.25) is 0 Å². The van der Waals surface area contributed by atoms with Gasteiger partial charge in [0.15, 0.2) is 0 Å². The summed E-state index contributed by atoms with van der Waals surface area (Å²) in [6, 6.07) is 6.41. The lowest BCUT2D eigenvalue weighted by Crippen LogP contribution is -2.29. The highest BCUT2D eigenvalue weighted by Crippen LogP contribution is 2.39. The lowest BCUT2D eigenvalue weighted by atomic mass is 10.0. The number of nitrogen functional groups attached to an aromatic ring is 1. The maximum Gasteiger partial charge on any atom is 0.324 e. The second-order valence-electron chi connectivity index (χ2n) is 8.33. The van der Waals surface area contributed by atoms with Crippen molar-refractivity contribution in [1.29, 1.82) is 0 Å². The number of halogens is 3. The number of aryl methyl sites for hydroxylation is 1. The van der Waals surface area contributed by atoms with Crippen LogP contribution in [0.3, 0.4) is 0 Å². The van der Waals surface area contributed by atoms with Crippen LogP contribution >= 0.6 is 0 Å². The van der Waals surface area contributed by atoms with Crippen LogP contribution < -0.4 is 10.6 Å². The molecule has 0 spiro atoms. The Labute approximate surface area is 193 Å². The number of carbonyl (C=O) groups is 1. The summed E-state index contributed by atoms with van der Waals surface area (Å²) in [5.74, 6) is -1.53. The van der Waals surface area contributed by atoms with Gasteiger partial charge >= 0.3 is 6.03 Å². The van der Waals surface area contributed by atoms with Crippen LogP contribution in [0.1, 0.15) is 17.3 Å². The lowest BCUT2D eigenvalue weighted by Gasteiger charge is -2.18. The van der Waals surface area contributed by atoms with E-state index in [1.807, 2.05) is 18.5 Å². The van der Waals surface area contributed by atoms with Gasteiger partial charge in [0.2, 0.25) is 0 Å². The molecule has 3 heterocycles. The summed E-state index contributed by atoms with van der Waals surface area (Å²) >= 11 is 0. The zero-order valence-corrected chi connectivity index (χ0v) is 18.7. The first-order valence-electron chi connectivity index (χ1n) is 10.5. The monoisotopic (exact) mass is 466 g/mol. The van der Waals surface area contributed by atoms with Gasteiger partial charge in [0.25, 0.3) is 0 Å². The van der Waals surface area contributed by atoms with Crippen LogP contribution in [0.25, 0.3) is 22.2 Å². The molecule has 0 radical (unpaired) electrons. The summed E-state index contributed by atoms with van der Waals surface area (Å²) in [7, 11) is 3.31. The molecule has 4 aromatic rings. The predicted molar refractivity (Wildman–Crippen MR) is 123 cm³/mol. The Hall–Kier alpha value is -4.08. The highest BCUT2D eigenvalue weighted by molar-refractivity contribution is 6.03. The van der Waals surface area contributed by atoms with E-state index in [2.05, 4.69) is 9.97 Å². The van der Waals surface area contributed by atoms with Gasteiger partial charge in [-0.05, 0) is 43.3 Å². The van der Waals surface area contributed by atoms with Crippen LogP contribution in [0.15, 0.2) is 42.7 Å². The van der Waals surface area contributed by atoms with E-state index >= 15 is 4.39 Å². The average molecular weight is 466 g/mol. The number of nitrogens with two attached hydrogens (primary N) is 1. The van der Waals surface area contributed by atoms with Crippen molar-refractivity contribution in [2.45, 2.75) is 13.0 Å². The van der Waals surface area contributed by atoms with E-state index in [1.165, 1.54) is 29.2 Å². The fourth-order valence-corrected chi connectivity index (χ4v) is 4.59. The van der Waals surface area contributed by atoms with Crippen molar-refractivity contribution in [3.05, 3.63) is 71.4 Å². The van der Waals surface area contributed by atoms with Crippen molar-refractivity contribution < 1.29 is 18.0 Å². The molecule has 174 valence electrons. The van der Waals surface area contributed by atoms with Crippen LogP contribution in [0.4, 0.5) is 29.5 Å². The molecule has 5 rings (SSSR count). The molecule has 0 bridgehead atoms. The number of benzene rings is 2. The number of likely N-dealkylation sites (N-methyl/N-ethyl adjacent to an activating group) is 1. The number of fused-ring (bicyclic) bond motifs is 1. The largest absolute Gasteiger partial charge is 0.383 e. The van der Waals surface area contributed by atoms with Gasteiger partial charge in [0, 0.05) is 42.2 Å². The summed E-state index contributed by atoms with van der Waals surface area (Å²) < 4.78 is 45.3. The number of amides is 2. The summed E-state index contributed by atoms with van der Waals surface area (Å²) in [5.41, 5.74) is 8.66. The fourth-order valence-electron chi connectivity index (χ4n) is 4.59. The Morgan fingerprint density at radius 1 is 1.03 bits per heavy atom. The van der Waals surface area contributed by atoms with E-state index in [0.717, 1.165) is 23.9 Å². The van der Waals surface area contributed by atoms with Crippen molar-refractivity contribution in [2.24, 2.45) is 7.05 Å². The van der Waals surface area contributed by atoms with Crippen molar-refractivity contribution in [3.63, 3.8) is 0 Å². The van der Waals surface area contributed by atoms with Crippen molar-refractivity contribution in [1.82, 2.24) is 19.4 Å². The molecule has 2 amide bonds. The minimum absolute atomic E-state index is 0.0442. The van der Waals surface area contributed by atoms with E-state index in [-0.39, 0.29) is 17.9 Å². The Bertz CT molecular complexity index is 1470. The number of aromatic nitrogens is 3. The maximum atomic E-state index is 15.4. The van der Waals surface area contributed by atoms with E-state index in [0.29, 0.717) is 27.8 Å². The van der Waals surface area contributed by atoms with Gasteiger partial charge in [-0.15, -0.1) is 0 Å². The summed E-state index contributed by atoms with van der Waals surface area (Å²) in [6.45, 7) is 1.88. The van der Waals surface area contributed by atoms with E-state index in [4.69, 9.17) is 5.73 Å². The molecule has 2 aromatic heterocycles. The maximum absolute atomic E-state index is 15.4. The second-order valence-corrected chi connectivity index (χ2v) is 8.33. The molecule has 0 saturated carbocycles. The smallest absolute Gasteiger partial charge is 0.324 e. The Morgan fingerprint density at radius 2 is 1.79 bits per heavy atom. The zero-order valence-electron chi connectivity index (χ0n) is 18.7. The molecular weight excluding hydrogens is 445 g/mol. The standard InChI is InChI=1S/C24H21F3N6O/c1-12-20(21-22(28)29-11-30-23(21)31(12)2)15-6-5-14(9-18(15)27)33-10-19(32(3)24(33)34)16-8-13(25)4-7-17(16)26/h4-9,11,19H,10H2,1-3H3,(H2,28,29,30). The first-order valence-corrected chi connectivity index (χ1v) is 10.5. The summed E-state index contributed by atoms with van der Waals surface area (Å²) in [5, 5.41) is 0.549. The Balaban J connectivity index is 1.54. The van der Waals surface area contributed by atoms with E-state index in [1.54, 1.807) is 12.1 Å². The van der Waals surface area contributed by atoms with Gasteiger partial charge in [-0.25, -0.2) is 27.9 Å². The predicted octanol–water partition coefficient (Wildman–Crippen LogP) is 4.56. The van der Waals surface area contributed by atoms with Crippen molar-refractivity contribution in [3.8, 4) is 11.1 Å². The van der Waals surface area contributed by atoms with Crippen LogP contribution in [0.5, 0.6) is 0 Å². The van der Waals surface area contributed by atoms with Gasteiger partial charge in [-0.1, -0.05) is 0 Å². The number of anilines is 2. The molecule has 34 heavy (non-hydrogen) atoms. The molecule has 1 aliphatic rings. The van der Waals surface area contributed by atoms with Crippen LogP contribution in [0, 0.1) is 24.4 Å². The number of hydrogen-bond acceptors (Lipinski definition) is 4. The fraction of sp³-hybridized carbons (Fsp3) is 0.208. The minimum atomic E-state index is -0.719. The van der Waals surface area contributed by atoms with E-state index in [9.17, 15) is 13.6 Å². The summed E-state index contributed by atoms with van der Waals surface area (Å²) in [6.07, 6.45) is 1.35. The number of hydrogen-bond donors (Lipinski definition) is 1. The van der Waals surface area contributed by atoms with Crippen LogP contribution in [-0.4, -0.2) is 39.1 Å². The second kappa shape index (κ2) is 7.75. The number of urea groups is 1. The quantitative estimate of drug-likeness (QED) is 0.480. The topological polar surface area (TPSA) is 80.3 Å². The van der Waals surface area contributed by atoms with Crippen molar-refractivity contribution >= 4 is 28.6 Å². The zero-order chi connectivity index (χ0) is 24.3. The molecular formula is C24H21F3N6O. The average Bonchev–Trinajstić information content (AvgIpc) is 3.24. The molecule has 7 nitrogen and oxygen atoms in total. The molecule has 2 N–H and O–H groups in total. The third kappa shape index (κ3) is 3.17. The molecule has 1 atom stereocenters. The number of nitrogens with zero attached hydrogens (tertiary/aromatic N) is 5.